The molecule has 0 unspecified atom stereocenters. The number of carbonyl (C=O) groups excluding carboxylic acids is 1. The summed E-state index contributed by atoms with van der Waals surface area (Å²) in [6, 6.07) is 5.92. The van der Waals surface area contributed by atoms with Gasteiger partial charge in [-0.2, -0.15) is 0 Å². The first-order chi connectivity index (χ1) is 7.92. The summed E-state index contributed by atoms with van der Waals surface area (Å²) in [7, 11) is 0. The van der Waals surface area contributed by atoms with E-state index in [4.69, 9.17) is 4.74 Å². The fourth-order valence-corrected chi connectivity index (χ4v) is 1.46. The second-order valence-electron chi connectivity index (χ2n) is 4.83. The molecule has 0 saturated heterocycles. The Morgan fingerprint density at radius 3 is 2.71 bits per heavy atom. The molecule has 17 heavy (non-hydrogen) atoms. The van der Waals surface area contributed by atoms with Crippen molar-refractivity contribution >= 4 is 6.09 Å². The van der Waals surface area contributed by atoms with E-state index in [2.05, 4.69) is 16.8 Å². The number of nitrogens with one attached hydrogen (secondary N) is 1. The van der Waals surface area contributed by atoms with Gasteiger partial charge in [-0.15, -0.1) is 0 Å². The zero-order valence-corrected chi connectivity index (χ0v) is 11.0. The van der Waals surface area contributed by atoms with Crippen LogP contribution in [0.4, 0.5) is 4.79 Å². The molecule has 1 aromatic rings. The predicted molar refractivity (Wildman–Crippen MR) is 65.4 cm³/mol. The summed E-state index contributed by atoms with van der Waals surface area (Å²) in [6.07, 6.45) is 1.61. The number of nitrogens with zero attached hydrogens (tertiary/aromatic N) is 1. The van der Waals surface area contributed by atoms with Gasteiger partial charge in [-0.25, -0.2) is 9.36 Å². The van der Waals surface area contributed by atoms with E-state index in [0.717, 1.165) is 12.2 Å². The third-order valence-electron chi connectivity index (χ3n) is 2.19. The number of amides is 1. The predicted octanol–water partition coefficient (Wildman–Crippen LogP) is 2.02. The molecule has 4 nitrogen and oxygen atoms in total. The van der Waals surface area contributed by atoms with Crippen LogP contribution in [-0.2, 0) is 17.8 Å². The first-order valence-corrected chi connectivity index (χ1v) is 5.86. The molecule has 94 valence electrons. The number of pyridine rings is 1. The topological polar surface area (TPSA) is 42.2 Å². The molecule has 0 saturated carbocycles. The third-order valence-corrected chi connectivity index (χ3v) is 2.19. The monoisotopic (exact) mass is 237 g/mol. The molecule has 0 radical (unpaired) electrons. The van der Waals surface area contributed by atoms with E-state index >= 15 is 0 Å². The molecule has 0 aliphatic carbocycles. The molecule has 1 rings (SSSR count). The zero-order chi connectivity index (χ0) is 12.9. The van der Waals surface area contributed by atoms with Crippen LogP contribution in [0.15, 0.2) is 24.4 Å². The van der Waals surface area contributed by atoms with Crippen molar-refractivity contribution < 1.29 is 14.1 Å². The molecule has 0 atom stereocenters. The summed E-state index contributed by atoms with van der Waals surface area (Å²) >= 11 is 0. The fourth-order valence-electron chi connectivity index (χ4n) is 1.46. The lowest BCUT2D eigenvalue weighted by Crippen LogP contribution is -2.40. The maximum atomic E-state index is 11.5. The van der Waals surface area contributed by atoms with Gasteiger partial charge in [-0.05, 0) is 27.7 Å². The number of aryl methyl sites for hydroxylation is 1. The number of hydrogen-bond donors (Lipinski definition) is 1. The summed E-state index contributed by atoms with van der Waals surface area (Å²) in [5, 5.41) is 2.75. The zero-order valence-electron chi connectivity index (χ0n) is 11.0. The largest absolute Gasteiger partial charge is 0.444 e. The van der Waals surface area contributed by atoms with Gasteiger partial charge in [0.05, 0.1) is 0 Å². The molecular formula is C13H21N2O2+. The smallest absolute Gasteiger partial charge is 0.408 e. The Labute approximate surface area is 103 Å². The van der Waals surface area contributed by atoms with Crippen LogP contribution in [0.25, 0.3) is 0 Å². The minimum atomic E-state index is -0.457. The molecule has 0 aromatic carbocycles. The van der Waals surface area contributed by atoms with E-state index < -0.39 is 5.60 Å². The van der Waals surface area contributed by atoms with Gasteiger partial charge in [0.1, 0.15) is 18.7 Å². The number of rotatable bonds is 3. The van der Waals surface area contributed by atoms with Gasteiger partial charge in [0, 0.05) is 12.1 Å². The Morgan fingerprint density at radius 2 is 2.12 bits per heavy atom. The molecule has 1 amide bonds. The van der Waals surface area contributed by atoms with Crippen molar-refractivity contribution in [2.75, 3.05) is 0 Å². The van der Waals surface area contributed by atoms with Crippen molar-refractivity contribution in [3.8, 4) is 0 Å². The van der Waals surface area contributed by atoms with E-state index in [0.29, 0.717) is 6.54 Å². The normalized spacial score (nSPS) is 11.1. The minimum absolute atomic E-state index is 0.385. The SMILES string of the molecule is CC[n+]1ccccc1CNC(=O)OC(C)(C)C. The quantitative estimate of drug-likeness (QED) is 0.817. The second-order valence-corrected chi connectivity index (χ2v) is 4.83. The van der Waals surface area contributed by atoms with Gasteiger partial charge in [0.2, 0.25) is 5.69 Å². The van der Waals surface area contributed by atoms with Crippen LogP contribution in [0, 0.1) is 0 Å². The Morgan fingerprint density at radius 1 is 1.41 bits per heavy atom. The van der Waals surface area contributed by atoms with Gasteiger partial charge < -0.3 is 10.1 Å². The highest BCUT2D eigenvalue weighted by atomic mass is 16.6. The fraction of sp³-hybridized carbons (Fsp3) is 0.538. The first kappa shape index (κ1) is 13.5. The Hall–Kier alpha value is -1.58. The van der Waals surface area contributed by atoms with Crippen LogP contribution in [-0.4, -0.2) is 11.7 Å². The van der Waals surface area contributed by atoms with Crippen molar-refractivity contribution in [3.05, 3.63) is 30.1 Å². The highest BCUT2D eigenvalue weighted by Crippen LogP contribution is 2.06. The summed E-state index contributed by atoms with van der Waals surface area (Å²) in [5.74, 6) is 0. The third kappa shape index (κ3) is 4.85. The van der Waals surface area contributed by atoms with Gasteiger partial charge in [-0.3, -0.25) is 0 Å². The van der Waals surface area contributed by atoms with Crippen molar-refractivity contribution in [2.45, 2.75) is 46.4 Å². The maximum Gasteiger partial charge on any atom is 0.408 e. The van der Waals surface area contributed by atoms with Crippen LogP contribution < -0.4 is 9.88 Å². The van der Waals surface area contributed by atoms with Crippen molar-refractivity contribution in [1.82, 2.24) is 5.32 Å². The molecule has 4 heteroatoms. The number of hydrogen-bond acceptors (Lipinski definition) is 2. The summed E-state index contributed by atoms with van der Waals surface area (Å²) in [4.78, 5) is 11.5. The second kappa shape index (κ2) is 5.66. The van der Waals surface area contributed by atoms with Crippen molar-refractivity contribution in [1.29, 1.82) is 0 Å². The average molecular weight is 237 g/mol. The highest BCUT2D eigenvalue weighted by molar-refractivity contribution is 5.67. The maximum absolute atomic E-state index is 11.5. The number of carbonyl (C=O) groups is 1. The van der Waals surface area contributed by atoms with Crippen LogP contribution in [0.1, 0.15) is 33.4 Å². The number of alkyl carbamates (subject to hydrolysis) is 1. The molecule has 1 N–H and O–H groups in total. The van der Waals surface area contributed by atoms with Crippen LogP contribution in [0.2, 0.25) is 0 Å². The molecule has 0 spiro atoms. The Balaban J connectivity index is 2.53. The van der Waals surface area contributed by atoms with E-state index in [9.17, 15) is 4.79 Å². The molecular weight excluding hydrogens is 216 g/mol. The van der Waals surface area contributed by atoms with Crippen LogP contribution in [0.3, 0.4) is 0 Å². The minimum Gasteiger partial charge on any atom is -0.444 e. The molecule has 1 heterocycles. The first-order valence-electron chi connectivity index (χ1n) is 5.86. The van der Waals surface area contributed by atoms with Crippen LogP contribution in [0.5, 0.6) is 0 Å². The number of aromatic nitrogens is 1. The lowest BCUT2D eigenvalue weighted by Gasteiger charge is -2.19. The van der Waals surface area contributed by atoms with E-state index in [1.807, 2.05) is 45.2 Å². The van der Waals surface area contributed by atoms with Crippen molar-refractivity contribution in [3.63, 3.8) is 0 Å². The summed E-state index contributed by atoms with van der Waals surface area (Å²) in [5.41, 5.74) is 0.600. The summed E-state index contributed by atoms with van der Waals surface area (Å²) in [6.45, 7) is 8.97. The van der Waals surface area contributed by atoms with E-state index in [-0.39, 0.29) is 6.09 Å². The lowest BCUT2D eigenvalue weighted by molar-refractivity contribution is -0.701. The molecule has 1 aromatic heterocycles. The highest BCUT2D eigenvalue weighted by Gasteiger charge is 2.17. The van der Waals surface area contributed by atoms with E-state index in [1.165, 1.54) is 0 Å². The molecule has 0 fully saturated rings. The number of ether oxygens (including phenoxy) is 1. The van der Waals surface area contributed by atoms with Gasteiger partial charge in [-0.1, -0.05) is 6.07 Å². The van der Waals surface area contributed by atoms with Gasteiger partial charge >= 0.3 is 6.09 Å². The van der Waals surface area contributed by atoms with Crippen molar-refractivity contribution in [2.24, 2.45) is 0 Å². The average Bonchev–Trinajstić information content (AvgIpc) is 2.24. The van der Waals surface area contributed by atoms with Gasteiger partial charge in [0.25, 0.3) is 0 Å². The van der Waals surface area contributed by atoms with E-state index in [1.54, 1.807) is 0 Å². The standard InChI is InChI=1S/C13H20N2O2/c1-5-15-9-7-6-8-11(15)10-14-12(16)17-13(2,3)4/h6-9H,5,10H2,1-4H3/p+1. The lowest BCUT2D eigenvalue weighted by atomic mass is 10.2. The van der Waals surface area contributed by atoms with Crippen LogP contribution >= 0.6 is 0 Å². The Bertz CT molecular complexity index is 383. The molecule has 0 aliphatic heterocycles. The Kier molecular flexibility index (Phi) is 4.49. The molecule has 0 bridgehead atoms. The molecule has 0 aliphatic rings. The summed E-state index contributed by atoms with van der Waals surface area (Å²) < 4.78 is 7.25. The van der Waals surface area contributed by atoms with Gasteiger partial charge in [0.15, 0.2) is 6.20 Å².